The largest absolute Gasteiger partial charge is 0.387 e. The second-order valence-corrected chi connectivity index (χ2v) is 8.10. The van der Waals surface area contributed by atoms with Crippen molar-refractivity contribution in [3.05, 3.63) is 85.0 Å². The lowest BCUT2D eigenvalue weighted by molar-refractivity contribution is 0.123. The van der Waals surface area contributed by atoms with E-state index in [0.29, 0.717) is 24.1 Å². The molecule has 4 rings (SSSR count). The van der Waals surface area contributed by atoms with Crippen LogP contribution in [-0.4, -0.2) is 19.4 Å². The van der Waals surface area contributed by atoms with Gasteiger partial charge in [-0.1, -0.05) is 18.2 Å². The Labute approximate surface area is 160 Å². The molecule has 2 heterocycles. The summed E-state index contributed by atoms with van der Waals surface area (Å²) < 4.78 is 29.7. The first-order valence-corrected chi connectivity index (χ1v) is 9.38. The highest BCUT2D eigenvalue weighted by Crippen LogP contribution is 2.55. The Morgan fingerprint density at radius 3 is 2.70 bits per heavy atom. The Kier molecular flexibility index (Phi) is 4.61. The number of aliphatic hydroxyl groups excluding tert-OH is 1. The van der Waals surface area contributed by atoms with Crippen LogP contribution < -0.4 is 0 Å². The average Bonchev–Trinajstić information content (AvgIpc) is 3.23. The zero-order valence-electron chi connectivity index (χ0n) is 14.5. The summed E-state index contributed by atoms with van der Waals surface area (Å²) in [5.41, 5.74) is 1.02. The van der Waals surface area contributed by atoms with Gasteiger partial charge in [0.25, 0.3) is 0 Å². The second kappa shape index (κ2) is 6.94. The predicted molar refractivity (Wildman–Crippen MR) is 102 cm³/mol. The van der Waals surface area contributed by atoms with E-state index >= 15 is 0 Å². The van der Waals surface area contributed by atoms with Crippen LogP contribution >= 0.6 is 11.8 Å². The topological polar surface area (TPSA) is 38.0 Å². The highest BCUT2D eigenvalue weighted by Gasteiger charge is 2.46. The summed E-state index contributed by atoms with van der Waals surface area (Å²) in [6, 6.07) is 9.01. The van der Waals surface area contributed by atoms with E-state index in [2.05, 4.69) is 11.6 Å². The van der Waals surface area contributed by atoms with Gasteiger partial charge in [0.15, 0.2) is 0 Å². The SMILES string of the molecule is C=CC[C@@]1(Cn2ccnc2)Sc2ccc(-c3c(F)cccc3F)cc2[C@@H]1O. The fourth-order valence-corrected chi connectivity index (χ4v) is 5.13. The van der Waals surface area contributed by atoms with Crippen LogP contribution in [0.1, 0.15) is 18.1 Å². The van der Waals surface area contributed by atoms with E-state index < -0.39 is 22.5 Å². The van der Waals surface area contributed by atoms with Gasteiger partial charge in [-0.2, -0.15) is 0 Å². The summed E-state index contributed by atoms with van der Waals surface area (Å²) in [5.74, 6) is -1.24. The van der Waals surface area contributed by atoms with Crippen molar-refractivity contribution in [2.75, 3.05) is 0 Å². The number of hydrogen-bond acceptors (Lipinski definition) is 3. The molecule has 0 radical (unpaired) electrons. The van der Waals surface area contributed by atoms with E-state index in [-0.39, 0.29) is 5.56 Å². The van der Waals surface area contributed by atoms with Crippen LogP contribution in [0.15, 0.2) is 72.7 Å². The first-order chi connectivity index (χ1) is 13.0. The number of benzene rings is 2. The molecule has 0 aliphatic carbocycles. The van der Waals surface area contributed by atoms with Gasteiger partial charge >= 0.3 is 0 Å². The number of aromatic nitrogens is 2. The van der Waals surface area contributed by atoms with Crippen molar-refractivity contribution >= 4 is 11.8 Å². The monoisotopic (exact) mass is 384 g/mol. The van der Waals surface area contributed by atoms with Gasteiger partial charge in [-0.25, -0.2) is 13.8 Å². The van der Waals surface area contributed by atoms with Gasteiger partial charge in [0.1, 0.15) is 11.6 Å². The molecule has 0 bridgehead atoms. The molecule has 1 aliphatic rings. The number of nitrogens with zero attached hydrogens (tertiary/aromatic N) is 2. The number of hydrogen-bond donors (Lipinski definition) is 1. The van der Waals surface area contributed by atoms with Crippen molar-refractivity contribution in [3.63, 3.8) is 0 Å². The number of rotatable bonds is 5. The zero-order chi connectivity index (χ0) is 19.0. The molecule has 0 saturated heterocycles. The average molecular weight is 384 g/mol. The van der Waals surface area contributed by atoms with Gasteiger partial charge in [0, 0.05) is 23.8 Å². The number of halogens is 2. The van der Waals surface area contributed by atoms with E-state index in [1.165, 1.54) is 18.2 Å². The van der Waals surface area contributed by atoms with Crippen molar-refractivity contribution in [3.8, 4) is 11.1 Å². The van der Waals surface area contributed by atoms with E-state index in [4.69, 9.17) is 0 Å². The minimum atomic E-state index is -0.798. The molecule has 0 unspecified atom stereocenters. The quantitative estimate of drug-likeness (QED) is 0.631. The first kappa shape index (κ1) is 17.9. The maximum absolute atomic E-state index is 14.2. The molecular formula is C21H18F2N2OS. The summed E-state index contributed by atoms with van der Waals surface area (Å²) in [6.07, 6.45) is 6.82. The zero-order valence-corrected chi connectivity index (χ0v) is 15.3. The normalized spacial score (nSPS) is 21.2. The van der Waals surface area contributed by atoms with Crippen LogP contribution in [0.3, 0.4) is 0 Å². The fraction of sp³-hybridized carbons (Fsp3) is 0.190. The van der Waals surface area contributed by atoms with Crippen LogP contribution in [0.5, 0.6) is 0 Å². The van der Waals surface area contributed by atoms with Crippen molar-refractivity contribution in [2.45, 2.75) is 28.7 Å². The molecule has 27 heavy (non-hydrogen) atoms. The number of allylic oxidation sites excluding steroid dienone is 1. The fourth-order valence-electron chi connectivity index (χ4n) is 3.61. The molecule has 0 spiro atoms. The summed E-state index contributed by atoms with van der Waals surface area (Å²) in [6.45, 7) is 4.38. The lowest BCUT2D eigenvalue weighted by Crippen LogP contribution is -2.33. The van der Waals surface area contributed by atoms with E-state index in [0.717, 1.165) is 4.90 Å². The van der Waals surface area contributed by atoms with Crippen LogP contribution in [0, 0.1) is 11.6 Å². The van der Waals surface area contributed by atoms with E-state index in [1.807, 2.05) is 16.8 Å². The molecule has 3 nitrogen and oxygen atoms in total. The highest BCUT2D eigenvalue weighted by atomic mass is 32.2. The molecule has 6 heteroatoms. The molecule has 1 N–H and O–H groups in total. The van der Waals surface area contributed by atoms with Gasteiger partial charge < -0.3 is 9.67 Å². The molecule has 2 atom stereocenters. The minimum absolute atomic E-state index is 0.0756. The smallest absolute Gasteiger partial charge is 0.133 e. The molecule has 0 saturated carbocycles. The lowest BCUT2D eigenvalue weighted by Gasteiger charge is -2.31. The molecule has 1 aliphatic heterocycles. The van der Waals surface area contributed by atoms with Gasteiger partial charge in [0.2, 0.25) is 0 Å². The highest BCUT2D eigenvalue weighted by molar-refractivity contribution is 8.01. The predicted octanol–water partition coefficient (Wildman–Crippen LogP) is 4.98. The standard InChI is InChI=1S/C21H18F2N2OS/c1-2-8-21(12-25-10-9-24-13-25)20(26)15-11-14(6-7-18(15)27-21)19-16(22)4-3-5-17(19)23/h2-7,9-11,13,20,26H,1,8,12H2/t20-,21-/m0/s1. The van der Waals surface area contributed by atoms with Crippen molar-refractivity contribution in [1.82, 2.24) is 9.55 Å². The van der Waals surface area contributed by atoms with Crippen LogP contribution in [0.2, 0.25) is 0 Å². The Morgan fingerprint density at radius 2 is 2.04 bits per heavy atom. The summed E-state index contributed by atoms with van der Waals surface area (Å²) in [5, 5.41) is 11.1. The number of fused-ring (bicyclic) bond motifs is 1. The van der Waals surface area contributed by atoms with Gasteiger partial charge in [-0.15, -0.1) is 18.3 Å². The van der Waals surface area contributed by atoms with Gasteiger partial charge in [-0.05, 0) is 41.8 Å². The molecule has 0 amide bonds. The van der Waals surface area contributed by atoms with Crippen LogP contribution in [0.25, 0.3) is 11.1 Å². The Bertz CT molecular complexity index is 970. The summed E-state index contributed by atoms with van der Waals surface area (Å²) in [4.78, 5) is 4.97. The maximum atomic E-state index is 14.2. The molecule has 0 fully saturated rings. The maximum Gasteiger partial charge on any atom is 0.133 e. The number of imidazole rings is 1. The van der Waals surface area contributed by atoms with Gasteiger partial charge in [-0.3, -0.25) is 0 Å². The number of aliphatic hydroxyl groups is 1. The third-order valence-electron chi connectivity index (χ3n) is 4.87. The van der Waals surface area contributed by atoms with Crippen molar-refractivity contribution in [1.29, 1.82) is 0 Å². The molecular weight excluding hydrogens is 366 g/mol. The third kappa shape index (κ3) is 3.09. The summed E-state index contributed by atoms with van der Waals surface area (Å²) >= 11 is 1.57. The molecule has 3 aromatic rings. The first-order valence-electron chi connectivity index (χ1n) is 8.56. The second-order valence-electron chi connectivity index (χ2n) is 6.65. The van der Waals surface area contributed by atoms with Crippen LogP contribution in [-0.2, 0) is 6.54 Å². The molecule has 138 valence electrons. The Hall–Kier alpha value is -2.44. The summed E-state index contributed by atoms with van der Waals surface area (Å²) in [7, 11) is 0. The molecule has 2 aromatic carbocycles. The number of thioether (sulfide) groups is 1. The Balaban J connectivity index is 1.75. The lowest BCUT2D eigenvalue weighted by atomic mass is 9.90. The van der Waals surface area contributed by atoms with Crippen molar-refractivity contribution in [2.24, 2.45) is 0 Å². The van der Waals surface area contributed by atoms with Crippen molar-refractivity contribution < 1.29 is 13.9 Å². The third-order valence-corrected chi connectivity index (χ3v) is 6.38. The van der Waals surface area contributed by atoms with E-state index in [1.54, 1.807) is 42.5 Å². The Morgan fingerprint density at radius 1 is 1.26 bits per heavy atom. The minimum Gasteiger partial charge on any atom is -0.387 e. The van der Waals surface area contributed by atoms with E-state index in [9.17, 15) is 13.9 Å². The van der Waals surface area contributed by atoms with Crippen LogP contribution in [0.4, 0.5) is 8.78 Å². The van der Waals surface area contributed by atoms with Gasteiger partial charge in [0.05, 0.1) is 22.7 Å². The molecule has 1 aromatic heterocycles.